The summed E-state index contributed by atoms with van der Waals surface area (Å²) in [6.45, 7) is 0.471. The molecule has 2 heterocycles. The van der Waals surface area contributed by atoms with Crippen molar-refractivity contribution in [3.05, 3.63) is 96.6 Å². The summed E-state index contributed by atoms with van der Waals surface area (Å²) in [5.41, 5.74) is 1.31. The molecular weight excluding hydrogens is 390 g/mol. The van der Waals surface area contributed by atoms with Crippen LogP contribution in [0.4, 0.5) is 8.78 Å². The van der Waals surface area contributed by atoms with Gasteiger partial charge in [-0.15, -0.1) is 0 Å². The van der Waals surface area contributed by atoms with Gasteiger partial charge in [0.05, 0.1) is 24.9 Å². The minimum atomic E-state index is -0.620. The molecule has 9 heteroatoms. The van der Waals surface area contributed by atoms with Crippen molar-refractivity contribution in [3.63, 3.8) is 0 Å². The molecule has 0 aliphatic carbocycles. The molecule has 0 saturated carbocycles. The molecule has 4 aromatic rings. The highest BCUT2D eigenvalue weighted by atomic mass is 19.1. The average molecular weight is 408 g/mol. The standard InChI is InChI=1S/C21H18F2N6O/c22-17-5-1-15(2-6-17)19(9-28-13-24-11-26-28)21(30)20(10-29-14-25-12-27-29)16-3-7-18(23)8-4-16/h1-8,11-14,19-20H,9-10H2. The highest BCUT2D eigenvalue weighted by Gasteiger charge is 2.31. The van der Waals surface area contributed by atoms with E-state index < -0.39 is 11.8 Å². The Balaban J connectivity index is 1.72. The maximum Gasteiger partial charge on any atom is 0.151 e. The summed E-state index contributed by atoms with van der Waals surface area (Å²) in [5, 5.41) is 8.21. The number of halogens is 2. The summed E-state index contributed by atoms with van der Waals surface area (Å²) in [5.74, 6) is -2.14. The molecule has 0 aliphatic heterocycles. The van der Waals surface area contributed by atoms with Crippen molar-refractivity contribution >= 4 is 5.78 Å². The highest BCUT2D eigenvalue weighted by molar-refractivity contribution is 5.91. The zero-order valence-corrected chi connectivity index (χ0v) is 15.8. The molecule has 0 N–H and O–H groups in total. The number of carbonyl (C=O) groups excluding carboxylic acids is 1. The third-order valence-corrected chi connectivity index (χ3v) is 4.90. The van der Waals surface area contributed by atoms with E-state index in [1.54, 1.807) is 33.6 Å². The van der Waals surface area contributed by atoms with Gasteiger partial charge >= 0.3 is 0 Å². The van der Waals surface area contributed by atoms with E-state index in [2.05, 4.69) is 20.2 Å². The lowest BCUT2D eigenvalue weighted by Crippen LogP contribution is -2.28. The highest BCUT2D eigenvalue weighted by Crippen LogP contribution is 2.29. The Kier molecular flexibility index (Phi) is 5.69. The monoisotopic (exact) mass is 408 g/mol. The Bertz CT molecular complexity index is 992. The topological polar surface area (TPSA) is 78.5 Å². The van der Waals surface area contributed by atoms with Crippen LogP contribution in [0.5, 0.6) is 0 Å². The molecule has 30 heavy (non-hydrogen) atoms. The molecule has 0 aliphatic rings. The first-order valence-electron chi connectivity index (χ1n) is 9.29. The number of nitrogens with zero attached hydrogens (tertiary/aromatic N) is 6. The number of aromatic nitrogens is 6. The molecule has 0 bridgehead atoms. The van der Waals surface area contributed by atoms with Gasteiger partial charge in [-0.3, -0.25) is 14.2 Å². The molecule has 152 valence electrons. The van der Waals surface area contributed by atoms with Crippen molar-refractivity contribution in [3.8, 4) is 0 Å². The number of ketones is 1. The van der Waals surface area contributed by atoms with Crippen LogP contribution in [0, 0.1) is 11.6 Å². The van der Waals surface area contributed by atoms with Crippen molar-refractivity contribution < 1.29 is 13.6 Å². The maximum atomic E-state index is 13.8. The molecular formula is C21H18F2N6O. The number of rotatable bonds is 8. The number of hydrogen-bond donors (Lipinski definition) is 0. The lowest BCUT2D eigenvalue weighted by molar-refractivity contribution is -0.122. The van der Waals surface area contributed by atoms with Crippen LogP contribution in [-0.2, 0) is 17.9 Å². The molecule has 2 atom stereocenters. The molecule has 0 fully saturated rings. The van der Waals surface area contributed by atoms with E-state index in [9.17, 15) is 13.6 Å². The van der Waals surface area contributed by atoms with Crippen LogP contribution >= 0.6 is 0 Å². The summed E-state index contributed by atoms with van der Waals surface area (Å²) in [6, 6.07) is 11.6. The second kappa shape index (κ2) is 8.73. The van der Waals surface area contributed by atoms with E-state index in [0.717, 1.165) is 0 Å². The van der Waals surface area contributed by atoms with Crippen molar-refractivity contribution in [2.45, 2.75) is 24.9 Å². The fourth-order valence-electron chi connectivity index (χ4n) is 3.38. The van der Waals surface area contributed by atoms with Gasteiger partial charge in [-0.1, -0.05) is 24.3 Å². The van der Waals surface area contributed by atoms with E-state index in [-0.39, 0.29) is 30.5 Å². The number of carbonyl (C=O) groups is 1. The molecule has 0 saturated heterocycles. The van der Waals surface area contributed by atoms with Gasteiger partial charge in [-0.2, -0.15) is 10.2 Å². The summed E-state index contributed by atoms with van der Waals surface area (Å²) >= 11 is 0. The fourth-order valence-corrected chi connectivity index (χ4v) is 3.38. The lowest BCUT2D eigenvalue weighted by Gasteiger charge is -2.23. The van der Waals surface area contributed by atoms with Crippen LogP contribution in [-0.4, -0.2) is 35.3 Å². The van der Waals surface area contributed by atoms with Crippen LogP contribution in [0.1, 0.15) is 23.0 Å². The third-order valence-electron chi connectivity index (χ3n) is 4.90. The second-order valence-corrected chi connectivity index (χ2v) is 6.85. The normalized spacial score (nSPS) is 13.1. The molecule has 0 amide bonds. The maximum absolute atomic E-state index is 13.8. The van der Waals surface area contributed by atoms with Crippen LogP contribution in [0.25, 0.3) is 0 Å². The minimum absolute atomic E-state index is 0.126. The Hall–Kier alpha value is -3.75. The Morgan fingerprint density at radius 3 is 1.47 bits per heavy atom. The van der Waals surface area contributed by atoms with Crippen LogP contribution in [0.3, 0.4) is 0 Å². The van der Waals surface area contributed by atoms with Gasteiger partial charge < -0.3 is 0 Å². The fraction of sp³-hybridized carbons (Fsp3) is 0.190. The minimum Gasteiger partial charge on any atom is -0.298 e. The van der Waals surface area contributed by atoms with Crippen LogP contribution in [0.2, 0.25) is 0 Å². The number of hydrogen-bond acceptors (Lipinski definition) is 5. The predicted molar refractivity (Wildman–Crippen MR) is 103 cm³/mol. The molecule has 7 nitrogen and oxygen atoms in total. The zero-order chi connectivity index (χ0) is 20.9. The molecule has 2 unspecified atom stereocenters. The van der Waals surface area contributed by atoms with E-state index >= 15 is 0 Å². The van der Waals surface area contributed by atoms with Gasteiger partial charge in [0, 0.05) is 0 Å². The molecule has 2 aromatic heterocycles. The van der Waals surface area contributed by atoms with E-state index in [1.165, 1.54) is 49.6 Å². The van der Waals surface area contributed by atoms with Crippen molar-refractivity contribution in [1.29, 1.82) is 0 Å². The Labute approximate surface area is 171 Å². The second-order valence-electron chi connectivity index (χ2n) is 6.85. The van der Waals surface area contributed by atoms with E-state index in [1.807, 2.05) is 0 Å². The molecule has 2 aromatic carbocycles. The number of benzene rings is 2. The quantitative estimate of drug-likeness (QED) is 0.448. The van der Waals surface area contributed by atoms with Gasteiger partial charge in [0.15, 0.2) is 5.78 Å². The van der Waals surface area contributed by atoms with Gasteiger partial charge in [-0.25, -0.2) is 18.7 Å². The predicted octanol–water partition coefficient (Wildman–Crippen LogP) is 2.98. The summed E-state index contributed by atoms with van der Waals surface area (Å²) in [7, 11) is 0. The molecule has 0 spiro atoms. The van der Waals surface area contributed by atoms with Gasteiger partial charge in [-0.05, 0) is 35.4 Å². The van der Waals surface area contributed by atoms with Crippen molar-refractivity contribution in [2.75, 3.05) is 0 Å². The first kappa shape index (κ1) is 19.6. The van der Waals surface area contributed by atoms with Crippen molar-refractivity contribution in [2.24, 2.45) is 0 Å². The number of Topliss-reactive ketones (excluding diaryl/α,β-unsaturated/α-hetero) is 1. The van der Waals surface area contributed by atoms with Crippen LogP contribution in [0.15, 0.2) is 73.8 Å². The first-order valence-corrected chi connectivity index (χ1v) is 9.29. The SMILES string of the molecule is O=C(C(Cn1cncn1)c1ccc(F)cc1)C(Cn1cncn1)c1ccc(F)cc1. The van der Waals surface area contributed by atoms with Gasteiger partial charge in [0.1, 0.15) is 36.9 Å². The third kappa shape index (κ3) is 4.45. The molecule has 4 rings (SSSR count). The zero-order valence-electron chi connectivity index (χ0n) is 15.8. The van der Waals surface area contributed by atoms with Crippen LogP contribution < -0.4 is 0 Å². The van der Waals surface area contributed by atoms with E-state index in [4.69, 9.17) is 0 Å². The Morgan fingerprint density at radius 2 is 1.13 bits per heavy atom. The molecule has 0 radical (unpaired) electrons. The van der Waals surface area contributed by atoms with Crippen molar-refractivity contribution in [1.82, 2.24) is 29.5 Å². The summed E-state index contributed by atoms with van der Waals surface area (Å²) < 4.78 is 30.1. The average Bonchev–Trinajstić information content (AvgIpc) is 3.46. The van der Waals surface area contributed by atoms with Gasteiger partial charge in [0.25, 0.3) is 0 Å². The summed E-state index contributed by atoms with van der Waals surface area (Å²) in [6.07, 6.45) is 5.82. The van der Waals surface area contributed by atoms with Gasteiger partial charge in [0.2, 0.25) is 0 Å². The smallest absolute Gasteiger partial charge is 0.151 e. The Morgan fingerprint density at radius 1 is 0.733 bits per heavy atom. The largest absolute Gasteiger partial charge is 0.298 e. The summed E-state index contributed by atoms with van der Waals surface area (Å²) in [4.78, 5) is 21.6. The first-order chi connectivity index (χ1) is 14.6. The van der Waals surface area contributed by atoms with E-state index in [0.29, 0.717) is 11.1 Å². The lowest BCUT2D eigenvalue weighted by atomic mass is 9.83.